The molecule has 0 bridgehead atoms. The number of rotatable bonds is 9. The maximum Gasteiger partial charge on any atom is 0.317 e. The van der Waals surface area contributed by atoms with Crippen molar-refractivity contribution in [1.29, 1.82) is 0 Å². The molecule has 7 heteroatoms. The molecule has 1 saturated carbocycles. The fourth-order valence-corrected chi connectivity index (χ4v) is 3.83. The summed E-state index contributed by atoms with van der Waals surface area (Å²) in [5.41, 5.74) is 2.43. The summed E-state index contributed by atoms with van der Waals surface area (Å²) in [6.45, 7) is 7.61. The van der Waals surface area contributed by atoms with Crippen LogP contribution in [0.4, 0.5) is 9.18 Å². The number of benzene rings is 2. The van der Waals surface area contributed by atoms with Crippen LogP contribution in [0.2, 0.25) is 0 Å². The number of para-hydroxylation sites is 2. The van der Waals surface area contributed by atoms with Gasteiger partial charge < -0.3 is 15.0 Å². The first-order chi connectivity index (χ1) is 16.0. The van der Waals surface area contributed by atoms with Crippen LogP contribution in [0.5, 0.6) is 11.6 Å². The molecule has 1 aliphatic rings. The molecule has 0 atom stereocenters. The highest BCUT2D eigenvalue weighted by Crippen LogP contribution is 2.37. The normalized spacial score (nSPS) is 13.2. The van der Waals surface area contributed by atoms with Gasteiger partial charge in [0.15, 0.2) is 11.6 Å². The highest BCUT2D eigenvalue weighted by atomic mass is 19.1. The van der Waals surface area contributed by atoms with Gasteiger partial charge in [-0.3, -0.25) is 0 Å². The molecular weight excluding hydrogens is 419 g/mol. The number of halogens is 1. The number of nitrogens with zero attached hydrogens (tertiary/aromatic N) is 3. The maximum atomic E-state index is 14.5. The first-order valence-corrected chi connectivity index (χ1v) is 11.6. The van der Waals surface area contributed by atoms with E-state index in [-0.39, 0.29) is 17.7 Å². The molecule has 2 amide bonds. The van der Waals surface area contributed by atoms with Gasteiger partial charge in [0.05, 0.1) is 23.5 Å². The van der Waals surface area contributed by atoms with Crippen molar-refractivity contribution < 1.29 is 13.9 Å². The Kier molecular flexibility index (Phi) is 6.96. The van der Waals surface area contributed by atoms with Crippen LogP contribution < -0.4 is 10.1 Å². The van der Waals surface area contributed by atoms with Crippen molar-refractivity contribution in [2.24, 2.45) is 5.92 Å². The summed E-state index contributed by atoms with van der Waals surface area (Å²) in [6, 6.07) is 15.9. The van der Waals surface area contributed by atoms with Gasteiger partial charge in [-0.25, -0.2) is 13.9 Å². The second-order valence-electron chi connectivity index (χ2n) is 8.76. The van der Waals surface area contributed by atoms with Crippen LogP contribution in [0, 0.1) is 11.7 Å². The lowest BCUT2D eigenvalue weighted by Gasteiger charge is -2.24. The summed E-state index contributed by atoms with van der Waals surface area (Å²) in [5.74, 6) is 0.715. The number of ether oxygens (including phenoxy) is 1. The SMILES string of the molecule is CCNC(=O)N(Cc1c(C(C)C)nn(-c2ccccc2)c1Oc1ccccc1F)CC1CC1. The lowest BCUT2D eigenvalue weighted by atomic mass is 10.1. The number of carbonyl (C=O) groups excluding carboxylic acids is 1. The van der Waals surface area contributed by atoms with Crippen molar-refractivity contribution in [3.63, 3.8) is 0 Å². The van der Waals surface area contributed by atoms with Crippen molar-refractivity contribution in [2.45, 2.75) is 46.1 Å². The molecule has 4 rings (SSSR count). The minimum absolute atomic E-state index is 0.0879. The summed E-state index contributed by atoms with van der Waals surface area (Å²) < 4.78 is 22.4. The Morgan fingerprint density at radius 3 is 2.52 bits per heavy atom. The number of urea groups is 1. The van der Waals surface area contributed by atoms with E-state index in [9.17, 15) is 9.18 Å². The summed E-state index contributed by atoms with van der Waals surface area (Å²) in [7, 11) is 0. The van der Waals surface area contributed by atoms with E-state index in [2.05, 4.69) is 19.2 Å². The third kappa shape index (κ3) is 5.35. The average Bonchev–Trinajstić information content (AvgIpc) is 3.56. The minimum Gasteiger partial charge on any atom is -0.435 e. The molecular formula is C26H31FN4O2. The summed E-state index contributed by atoms with van der Waals surface area (Å²) in [5, 5.41) is 7.79. The maximum absolute atomic E-state index is 14.5. The van der Waals surface area contributed by atoms with Crippen molar-refractivity contribution >= 4 is 6.03 Å². The molecule has 1 aromatic heterocycles. The molecule has 1 heterocycles. The molecule has 0 aliphatic heterocycles. The standard InChI is InChI=1S/C26H31FN4O2/c1-4-28-26(32)30(16-19-14-15-19)17-21-24(18(2)3)29-31(20-10-6-5-7-11-20)25(21)33-23-13-9-8-12-22(23)27/h5-13,18-19H,4,14-17H2,1-3H3,(H,28,32). The number of hydrogen-bond donors (Lipinski definition) is 1. The molecule has 0 saturated heterocycles. The van der Waals surface area contributed by atoms with E-state index in [1.165, 1.54) is 6.07 Å². The molecule has 1 fully saturated rings. The molecule has 0 unspecified atom stereocenters. The van der Waals surface area contributed by atoms with Gasteiger partial charge in [0.25, 0.3) is 0 Å². The van der Waals surface area contributed by atoms with Gasteiger partial charge in [-0.05, 0) is 55.9 Å². The van der Waals surface area contributed by atoms with Gasteiger partial charge in [0.1, 0.15) is 0 Å². The van der Waals surface area contributed by atoms with E-state index in [0.717, 1.165) is 29.8 Å². The zero-order valence-electron chi connectivity index (χ0n) is 19.4. The second kappa shape index (κ2) is 10.1. The molecule has 33 heavy (non-hydrogen) atoms. The van der Waals surface area contributed by atoms with Gasteiger partial charge in [-0.15, -0.1) is 0 Å². The Balaban J connectivity index is 1.81. The van der Waals surface area contributed by atoms with Crippen LogP contribution in [-0.2, 0) is 6.54 Å². The lowest BCUT2D eigenvalue weighted by Crippen LogP contribution is -2.40. The Bertz CT molecular complexity index is 1090. The summed E-state index contributed by atoms with van der Waals surface area (Å²) in [4.78, 5) is 14.7. The van der Waals surface area contributed by atoms with Crippen LogP contribution in [0.15, 0.2) is 54.6 Å². The zero-order valence-corrected chi connectivity index (χ0v) is 19.4. The van der Waals surface area contributed by atoms with E-state index < -0.39 is 5.82 Å². The minimum atomic E-state index is -0.450. The van der Waals surface area contributed by atoms with Crippen LogP contribution in [0.1, 0.15) is 50.8 Å². The van der Waals surface area contributed by atoms with Gasteiger partial charge in [0, 0.05) is 13.1 Å². The Hall–Kier alpha value is -3.35. The van der Waals surface area contributed by atoms with Crippen LogP contribution in [0.3, 0.4) is 0 Å². The molecule has 2 aromatic carbocycles. The fourth-order valence-electron chi connectivity index (χ4n) is 3.83. The number of nitrogens with one attached hydrogen (secondary N) is 1. The molecule has 3 aromatic rings. The highest BCUT2D eigenvalue weighted by molar-refractivity contribution is 5.74. The van der Waals surface area contributed by atoms with Crippen LogP contribution >= 0.6 is 0 Å². The molecule has 0 radical (unpaired) electrons. The second-order valence-corrected chi connectivity index (χ2v) is 8.76. The monoisotopic (exact) mass is 450 g/mol. The van der Waals surface area contributed by atoms with Crippen LogP contribution in [-0.4, -0.2) is 33.8 Å². The number of aromatic nitrogens is 2. The van der Waals surface area contributed by atoms with Crippen molar-refractivity contribution in [3.05, 3.63) is 71.7 Å². The number of hydrogen-bond acceptors (Lipinski definition) is 3. The van der Waals surface area contributed by atoms with Gasteiger partial charge in [-0.2, -0.15) is 5.10 Å². The lowest BCUT2D eigenvalue weighted by molar-refractivity contribution is 0.192. The third-order valence-corrected chi connectivity index (χ3v) is 5.70. The van der Waals surface area contributed by atoms with Gasteiger partial charge in [-0.1, -0.05) is 44.2 Å². The van der Waals surface area contributed by atoms with Gasteiger partial charge in [0.2, 0.25) is 5.88 Å². The summed E-state index contributed by atoms with van der Waals surface area (Å²) in [6.07, 6.45) is 2.27. The molecule has 6 nitrogen and oxygen atoms in total. The summed E-state index contributed by atoms with van der Waals surface area (Å²) >= 11 is 0. The van der Waals surface area contributed by atoms with Crippen LogP contribution in [0.25, 0.3) is 5.69 Å². The third-order valence-electron chi connectivity index (χ3n) is 5.70. The quantitative estimate of drug-likeness (QED) is 0.444. The van der Waals surface area contributed by atoms with E-state index in [0.29, 0.717) is 31.4 Å². The zero-order chi connectivity index (χ0) is 23.4. The van der Waals surface area contributed by atoms with Crippen molar-refractivity contribution in [2.75, 3.05) is 13.1 Å². The largest absolute Gasteiger partial charge is 0.435 e. The first-order valence-electron chi connectivity index (χ1n) is 11.6. The predicted octanol–water partition coefficient (Wildman–Crippen LogP) is 5.87. The fraction of sp³-hybridized carbons (Fsp3) is 0.385. The number of carbonyl (C=O) groups is 1. The Morgan fingerprint density at radius 1 is 1.18 bits per heavy atom. The Labute approximate surface area is 194 Å². The molecule has 1 N–H and O–H groups in total. The van der Waals surface area contributed by atoms with Crippen molar-refractivity contribution in [3.8, 4) is 17.3 Å². The first kappa shape index (κ1) is 22.8. The molecule has 174 valence electrons. The average molecular weight is 451 g/mol. The van der Waals surface area contributed by atoms with E-state index in [1.807, 2.05) is 42.2 Å². The number of amides is 2. The van der Waals surface area contributed by atoms with Gasteiger partial charge >= 0.3 is 6.03 Å². The molecule has 0 spiro atoms. The van der Waals surface area contributed by atoms with E-state index >= 15 is 0 Å². The molecule has 1 aliphatic carbocycles. The van der Waals surface area contributed by atoms with Crippen molar-refractivity contribution in [1.82, 2.24) is 20.0 Å². The highest BCUT2D eigenvalue weighted by Gasteiger charge is 2.31. The smallest absolute Gasteiger partial charge is 0.317 e. The van der Waals surface area contributed by atoms with E-state index in [4.69, 9.17) is 9.84 Å². The Morgan fingerprint density at radius 2 is 1.88 bits per heavy atom. The topological polar surface area (TPSA) is 59.4 Å². The van der Waals surface area contributed by atoms with E-state index in [1.54, 1.807) is 22.9 Å². The predicted molar refractivity (Wildman–Crippen MR) is 126 cm³/mol.